The largest absolute Gasteiger partial charge is 0.378 e. The first-order valence-corrected chi connectivity index (χ1v) is 9.48. The molecule has 2 heterocycles. The number of piperidine rings is 1. The second-order valence-corrected chi connectivity index (χ2v) is 7.77. The van der Waals surface area contributed by atoms with Crippen molar-refractivity contribution in [2.75, 3.05) is 32.8 Å². The lowest BCUT2D eigenvalue weighted by atomic mass is 10.0. The lowest BCUT2D eigenvalue weighted by Gasteiger charge is -2.37. The van der Waals surface area contributed by atoms with E-state index >= 15 is 0 Å². The summed E-state index contributed by atoms with van der Waals surface area (Å²) >= 11 is 0. The molecule has 1 amide bonds. The van der Waals surface area contributed by atoms with Crippen LogP contribution < -0.4 is 0 Å². The number of ether oxygens (including phenoxy) is 1. The summed E-state index contributed by atoms with van der Waals surface area (Å²) in [5.41, 5.74) is 0. The summed E-state index contributed by atoms with van der Waals surface area (Å²) in [7, 11) is -3.64. The van der Waals surface area contributed by atoms with Crippen LogP contribution in [0, 0.1) is 0 Å². The van der Waals surface area contributed by atoms with Crippen LogP contribution in [0.3, 0.4) is 0 Å². The Bertz CT molecular complexity index is 641. The number of hydrogen-bond acceptors (Lipinski definition) is 4. The van der Waals surface area contributed by atoms with Gasteiger partial charge >= 0.3 is 0 Å². The minimum Gasteiger partial charge on any atom is -0.378 e. The van der Waals surface area contributed by atoms with Crippen molar-refractivity contribution >= 4 is 15.9 Å². The summed E-state index contributed by atoms with van der Waals surface area (Å²) in [6.07, 6.45) is 2.25. The van der Waals surface area contributed by atoms with E-state index in [-0.39, 0.29) is 10.8 Å². The molecule has 1 aromatic rings. The average Bonchev–Trinajstić information content (AvgIpc) is 2.62. The molecule has 7 heteroatoms. The summed E-state index contributed by atoms with van der Waals surface area (Å²) in [4.78, 5) is 14.8. The van der Waals surface area contributed by atoms with E-state index in [1.807, 2.05) is 0 Å². The molecule has 0 bridgehead atoms. The number of nitrogens with zero attached hydrogens (tertiary/aromatic N) is 2. The normalized spacial score (nSPS) is 23.7. The number of sulfonamides is 1. The molecule has 0 radical (unpaired) electrons. The summed E-state index contributed by atoms with van der Waals surface area (Å²) in [5.74, 6) is -0.0903. The molecule has 1 atom stereocenters. The highest BCUT2D eigenvalue weighted by Gasteiger charge is 2.39. The first-order valence-electron chi connectivity index (χ1n) is 8.04. The van der Waals surface area contributed by atoms with Crippen LogP contribution in [0.2, 0.25) is 0 Å². The second-order valence-electron chi connectivity index (χ2n) is 5.88. The van der Waals surface area contributed by atoms with Crippen LogP contribution in [0.25, 0.3) is 0 Å². The minimum atomic E-state index is -3.64. The van der Waals surface area contributed by atoms with Crippen molar-refractivity contribution in [3.63, 3.8) is 0 Å². The Labute approximate surface area is 137 Å². The van der Waals surface area contributed by atoms with Crippen LogP contribution in [-0.2, 0) is 19.6 Å². The van der Waals surface area contributed by atoms with E-state index in [9.17, 15) is 13.2 Å². The molecule has 126 valence electrons. The van der Waals surface area contributed by atoms with Crippen molar-refractivity contribution in [1.82, 2.24) is 9.21 Å². The third-order valence-electron chi connectivity index (χ3n) is 4.41. The van der Waals surface area contributed by atoms with E-state index in [4.69, 9.17) is 4.74 Å². The molecular formula is C16H22N2O4S. The maximum Gasteiger partial charge on any atom is 0.243 e. The van der Waals surface area contributed by atoms with Gasteiger partial charge in [-0.25, -0.2) is 8.42 Å². The SMILES string of the molecule is O=C(C1CCCCN1S(=O)(=O)c1ccccc1)N1CCOCC1. The van der Waals surface area contributed by atoms with Gasteiger partial charge in [0.1, 0.15) is 6.04 Å². The number of rotatable bonds is 3. The van der Waals surface area contributed by atoms with Crippen molar-refractivity contribution in [2.45, 2.75) is 30.2 Å². The Morgan fingerprint density at radius 1 is 1.04 bits per heavy atom. The number of morpholine rings is 1. The monoisotopic (exact) mass is 338 g/mol. The van der Waals surface area contributed by atoms with Crippen LogP contribution in [-0.4, -0.2) is 62.4 Å². The standard InChI is InChI=1S/C16H22N2O4S/c19-16(17-10-12-22-13-11-17)15-8-4-5-9-18(15)23(20,21)14-6-2-1-3-7-14/h1-3,6-7,15H,4-5,8-13H2. The summed E-state index contributed by atoms with van der Waals surface area (Å²) < 4.78 is 32.5. The second kappa shape index (κ2) is 6.98. The quantitative estimate of drug-likeness (QED) is 0.827. The molecule has 3 rings (SSSR count). The van der Waals surface area contributed by atoms with E-state index in [1.165, 1.54) is 4.31 Å². The Kier molecular flexibility index (Phi) is 4.99. The summed E-state index contributed by atoms with van der Waals surface area (Å²) in [5, 5.41) is 0. The fraction of sp³-hybridized carbons (Fsp3) is 0.562. The number of hydrogen-bond donors (Lipinski definition) is 0. The van der Waals surface area contributed by atoms with Gasteiger partial charge in [0.25, 0.3) is 0 Å². The summed E-state index contributed by atoms with van der Waals surface area (Å²) in [6, 6.07) is 7.77. The van der Waals surface area contributed by atoms with Gasteiger partial charge in [-0.2, -0.15) is 4.31 Å². The predicted octanol–water partition coefficient (Wildman–Crippen LogP) is 1.09. The smallest absolute Gasteiger partial charge is 0.243 e. The first kappa shape index (κ1) is 16.4. The first-order chi connectivity index (χ1) is 11.1. The van der Waals surface area contributed by atoms with Crippen LogP contribution in [0.4, 0.5) is 0 Å². The topological polar surface area (TPSA) is 66.9 Å². The van der Waals surface area contributed by atoms with Gasteiger partial charge in [-0.3, -0.25) is 4.79 Å². The summed E-state index contributed by atoms with van der Waals surface area (Å²) in [6.45, 7) is 2.51. The van der Waals surface area contributed by atoms with Crippen molar-refractivity contribution in [1.29, 1.82) is 0 Å². The molecule has 2 saturated heterocycles. The van der Waals surface area contributed by atoms with Crippen molar-refractivity contribution in [2.24, 2.45) is 0 Å². The maximum atomic E-state index is 12.9. The van der Waals surface area contributed by atoms with E-state index in [0.717, 1.165) is 12.8 Å². The molecule has 2 fully saturated rings. The third-order valence-corrected chi connectivity index (χ3v) is 6.33. The zero-order valence-electron chi connectivity index (χ0n) is 13.1. The fourth-order valence-corrected chi connectivity index (χ4v) is 4.83. The molecule has 0 aliphatic carbocycles. The van der Waals surface area contributed by atoms with Crippen molar-refractivity contribution in [3.05, 3.63) is 30.3 Å². The van der Waals surface area contributed by atoms with Crippen LogP contribution >= 0.6 is 0 Å². The maximum absolute atomic E-state index is 12.9. The zero-order chi connectivity index (χ0) is 16.3. The lowest BCUT2D eigenvalue weighted by Crippen LogP contribution is -2.54. The molecule has 23 heavy (non-hydrogen) atoms. The van der Waals surface area contributed by atoms with Crippen molar-refractivity contribution in [3.8, 4) is 0 Å². The van der Waals surface area contributed by atoms with E-state index in [0.29, 0.717) is 39.3 Å². The highest BCUT2D eigenvalue weighted by Crippen LogP contribution is 2.26. The molecule has 0 saturated carbocycles. The highest BCUT2D eigenvalue weighted by atomic mass is 32.2. The minimum absolute atomic E-state index is 0.0903. The number of benzene rings is 1. The average molecular weight is 338 g/mol. The highest BCUT2D eigenvalue weighted by molar-refractivity contribution is 7.89. The van der Waals surface area contributed by atoms with Gasteiger partial charge < -0.3 is 9.64 Å². The van der Waals surface area contributed by atoms with Gasteiger partial charge in [-0.05, 0) is 25.0 Å². The third kappa shape index (κ3) is 3.41. The van der Waals surface area contributed by atoms with Crippen molar-refractivity contribution < 1.29 is 17.9 Å². The molecule has 6 nitrogen and oxygen atoms in total. The predicted molar refractivity (Wildman–Crippen MR) is 85.4 cm³/mol. The molecule has 2 aliphatic heterocycles. The fourth-order valence-electron chi connectivity index (χ4n) is 3.16. The zero-order valence-corrected chi connectivity index (χ0v) is 13.9. The van der Waals surface area contributed by atoms with Crippen LogP contribution in [0.15, 0.2) is 35.2 Å². The molecule has 0 N–H and O–H groups in total. The molecule has 2 aliphatic rings. The van der Waals surface area contributed by atoms with Gasteiger partial charge in [0.05, 0.1) is 18.1 Å². The van der Waals surface area contributed by atoms with E-state index < -0.39 is 16.1 Å². The Balaban J connectivity index is 1.85. The number of carbonyl (C=O) groups is 1. The van der Waals surface area contributed by atoms with Gasteiger partial charge in [0.2, 0.25) is 15.9 Å². The molecule has 1 unspecified atom stereocenters. The molecule has 0 aromatic heterocycles. The van der Waals surface area contributed by atoms with Gasteiger partial charge in [-0.1, -0.05) is 24.6 Å². The Morgan fingerprint density at radius 3 is 2.43 bits per heavy atom. The van der Waals surface area contributed by atoms with Gasteiger partial charge in [-0.15, -0.1) is 0 Å². The lowest BCUT2D eigenvalue weighted by molar-refractivity contribution is -0.140. The van der Waals surface area contributed by atoms with E-state index in [1.54, 1.807) is 35.2 Å². The van der Waals surface area contributed by atoms with Gasteiger partial charge in [0, 0.05) is 19.6 Å². The molecule has 1 aromatic carbocycles. The Morgan fingerprint density at radius 2 is 1.74 bits per heavy atom. The number of carbonyl (C=O) groups excluding carboxylic acids is 1. The van der Waals surface area contributed by atoms with E-state index in [2.05, 4.69) is 0 Å². The van der Waals surface area contributed by atoms with Gasteiger partial charge in [0.15, 0.2) is 0 Å². The molecule has 0 spiro atoms. The van der Waals surface area contributed by atoms with Crippen LogP contribution in [0.1, 0.15) is 19.3 Å². The number of amides is 1. The van der Waals surface area contributed by atoms with Crippen LogP contribution in [0.5, 0.6) is 0 Å². The Hall–Kier alpha value is -1.44. The molecular weight excluding hydrogens is 316 g/mol.